The summed E-state index contributed by atoms with van der Waals surface area (Å²) in [6.07, 6.45) is 4.60. The van der Waals surface area contributed by atoms with Gasteiger partial charge in [0.25, 0.3) is 11.8 Å². The lowest BCUT2D eigenvalue weighted by Gasteiger charge is -2.32. The lowest BCUT2D eigenvalue weighted by molar-refractivity contribution is -0.129. The Morgan fingerprint density at radius 2 is 1.42 bits per heavy atom. The van der Waals surface area contributed by atoms with Crippen LogP contribution in [0.25, 0.3) is 0 Å². The van der Waals surface area contributed by atoms with Crippen molar-refractivity contribution in [2.75, 3.05) is 16.4 Å². The highest BCUT2D eigenvalue weighted by atomic mass is 35.5. The normalized spacial score (nSPS) is 16.5. The molecule has 2 aliphatic rings. The van der Waals surface area contributed by atoms with Crippen molar-refractivity contribution in [3.8, 4) is 5.75 Å². The number of carbonyl (C=O) groups is 4. The van der Waals surface area contributed by atoms with E-state index < -0.39 is 18.0 Å². The van der Waals surface area contributed by atoms with Gasteiger partial charge in [-0.3, -0.25) is 29.1 Å². The van der Waals surface area contributed by atoms with Gasteiger partial charge < -0.3 is 10.1 Å². The number of anilines is 2. The van der Waals surface area contributed by atoms with E-state index in [-0.39, 0.29) is 37.0 Å². The van der Waals surface area contributed by atoms with Gasteiger partial charge in [-0.05, 0) is 85.0 Å². The average Bonchev–Trinajstić information content (AvgIpc) is 3.49. The topological polar surface area (TPSA) is 99.3 Å². The molecule has 7 rings (SSSR count). The Labute approximate surface area is 326 Å². The highest BCUT2D eigenvalue weighted by Gasteiger charge is 2.49. The van der Waals surface area contributed by atoms with Crippen molar-refractivity contribution in [3.63, 3.8) is 0 Å². The van der Waals surface area contributed by atoms with E-state index in [1.807, 2.05) is 91.9 Å². The highest BCUT2D eigenvalue weighted by Crippen LogP contribution is 2.40. The molecule has 1 N–H and O–H groups in total. The first-order valence-corrected chi connectivity index (χ1v) is 19.1. The zero-order chi connectivity index (χ0) is 38.3. The number of aryl methyl sites for hydroxylation is 1. The van der Waals surface area contributed by atoms with Gasteiger partial charge in [0, 0.05) is 29.0 Å². The summed E-state index contributed by atoms with van der Waals surface area (Å²) < 4.78 is 5.93. The maximum absolute atomic E-state index is 14.4. The molecule has 1 aliphatic carbocycles. The fraction of sp³-hybridized carbons (Fsp3) is 0.244. The van der Waals surface area contributed by atoms with Crippen LogP contribution in [0.2, 0.25) is 5.02 Å². The second-order valence-electron chi connectivity index (χ2n) is 14.0. The number of imide groups is 1. The largest absolute Gasteiger partial charge is 0.484 e. The van der Waals surface area contributed by atoms with E-state index in [1.54, 1.807) is 53.4 Å². The van der Waals surface area contributed by atoms with Gasteiger partial charge in [0.05, 0.1) is 0 Å². The second-order valence-corrected chi connectivity index (χ2v) is 14.4. The summed E-state index contributed by atoms with van der Waals surface area (Å²) >= 11 is 6.08. The number of halogens is 1. The summed E-state index contributed by atoms with van der Waals surface area (Å²) in [6.45, 7) is 1.85. The zero-order valence-corrected chi connectivity index (χ0v) is 31.4. The van der Waals surface area contributed by atoms with E-state index in [0.717, 1.165) is 43.2 Å². The number of para-hydroxylation sites is 1. The second kappa shape index (κ2) is 17.0. The first-order valence-electron chi connectivity index (χ1n) is 18.7. The highest BCUT2D eigenvalue weighted by molar-refractivity contribution is 6.30. The molecule has 1 saturated carbocycles. The minimum Gasteiger partial charge on any atom is -0.484 e. The molecule has 0 aromatic heterocycles. The Morgan fingerprint density at radius 1 is 0.782 bits per heavy atom. The van der Waals surface area contributed by atoms with Gasteiger partial charge in [-0.25, -0.2) is 4.79 Å². The minimum absolute atomic E-state index is 0.150. The molecule has 5 aromatic carbocycles. The van der Waals surface area contributed by atoms with Crippen LogP contribution in [0, 0.1) is 6.92 Å². The first-order chi connectivity index (χ1) is 26.8. The monoisotopic (exact) mass is 754 g/mol. The van der Waals surface area contributed by atoms with Crippen LogP contribution in [0.15, 0.2) is 133 Å². The van der Waals surface area contributed by atoms with Crippen LogP contribution < -0.4 is 19.9 Å². The van der Waals surface area contributed by atoms with Crippen LogP contribution in [0.4, 0.5) is 16.2 Å². The van der Waals surface area contributed by atoms with Crippen molar-refractivity contribution in [2.45, 2.75) is 63.7 Å². The third kappa shape index (κ3) is 8.42. The molecule has 5 amide bonds. The maximum Gasteiger partial charge on any atom is 0.332 e. The molecule has 10 heteroatoms. The molecule has 2 fully saturated rings. The maximum atomic E-state index is 14.4. The lowest BCUT2D eigenvalue weighted by atomic mass is 9.94. The quantitative estimate of drug-likeness (QED) is 0.128. The Morgan fingerprint density at radius 3 is 2.07 bits per heavy atom. The molecule has 55 heavy (non-hydrogen) atoms. The van der Waals surface area contributed by atoms with E-state index in [1.165, 1.54) is 9.80 Å². The number of hydrogen-bond acceptors (Lipinski definition) is 5. The summed E-state index contributed by atoms with van der Waals surface area (Å²) in [6, 6.07) is 37.5. The summed E-state index contributed by atoms with van der Waals surface area (Å²) in [5, 5.41) is 3.57. The van der Waals surface area contributed by atoms with Crippen LogP contribution in [0.1, 0.15) is 66.4 Å². The lowest BCUT2D eigenvalue weighted by Crippen LogP contribution is -2.45. The molecule has 9 nitrogen and oxygen atoms in total. The first kappa shape index (κ1) is 37.4. The number of nitrogens with zero attached hydrogens (tertiary/aromatic N) is 3. The van der Waals surface area contributed by atoms with E-state index in [4.69, 9.17) is 16.3 Å². The number of hydrogen-bond donors (Lipinski definition) is 1. The van der Waals surface area contributed by atoms with Crippen molar-refractivity contribution >= 4 is 46.7 Å². The SMILES string of the molecule is Cc1ccc(C(C(=O)NCc2ccccc2)N(C(=O)COc2ccc(Cl)cc2)c2ccc(C3C(=O)N(C4CCCCC4)C(=O)N3c3ccccc3)cc2)cc1. The standard InChI is InChI=1S/C45H43ClN4O5/c1-31-17-19-33(20-18-31)41(43(52)47-29-32-11-5-2-6-12-32)48(40(51)30-55-39-27-23-35(46)24-28-39)38-25-21-34(22-26-38)42-44(53)50(37-15-9-4-10-16-37)45(54)49(42)36-13-7-3-8-14-36/h2-3,5-8,11-14,17-28,37,41-42H,4,9-10,15-16,29-30H2,1H3,(H,47,52). The van der Waals surface area contributed by atoms with Crippen molar-refractivity contribution in [2.24, 2.45) is 0 Å². The van der Waals surface area contributed by atoms with Gasteiger partial charge in [0.1, 0.15) is 17.8 Å². The van der Waals surface area contributed by atoms with Gasteiger partial charge in [-0.1, -0.05) is 121 Å². The molecular formula is C45H43ClN4O5. The molecule has 1 aliphatic heterocycles. The molecule has 0 spiro atoms. The number of ether oxygens (including phenoxy) is 1. The zero-order valence-electron chi connectivity index (χ0n) is 30.6. The van der Waals surface area contributed by atoms with E-state index in [0.29, 0.717) is 33.3 Å². The summed E-state index contributed by atoms with van der Waals surface area (Å²) in [5.41, 5.74) is 4.15. The number of benzene rings is 5. The number of amides is 5. The molecule has 1 saturated heterocycles. The molecule has 5 aromatic rings. The van der Waals surface area contributed by atoms with Gasteiger partial charge >= 0.3 is 6.03 Å². The van der Waals surface area contributed by atoms with E-state index in [2.05, 4.69) is 5.32 Å². The van der Waals surface area contributed by atoms with Crippen LogP contribution in [0.5, 0.6) is 5.75 Å². The van der Waals surface area contributed by atoms with Crippen LogP contribution in [-0.4, -0.2) is 41.3 Å². The van der Waals surface area contributed by atoms with Crippen LogP contribution in [-0.2, 0) is 20.9 Å². The fourth-order valence-corrected chi connectivity index (χ4v) is 7.55. The number of carbonyl (C=O) groups excluding carboxylic acids is 4. The fourth-order valence-electron chi connectivity index (χ4n) is 7.43. The third-order valence-corrected chi connectivity index (χ3v) is 10.5. The van der Waals surface area contributed by atoms with Gasteiger partial charge in [-0.2, -0.15) is 0 Å². The van der Waals surface area contributed by atoms with Crippen molar-refractivity contribution in [3.05, 3.63) is 161 Å². The minimum atomic E-state index is -1.08. The Hall–Kier alpha value is -5.93. The molecule has 0 radical (unpaired) electrons. The van der Waals surface area contributed by atoms with Crippen molar-refractivity contribution in [1.29, 1.82) is 0 Å². The average molecular weight is 755 g/mol. The molecule has 1 heterocycles. The van der Waals surface area contributed by atoms with Gasteiger partial charge in [-0.15, -0.1) is 0 Å². The van der Waals surface area contributed by atoms with Crippen LogP contribution >= 0.6 is 11.6 Å². The summed E-state index contributed by atoms with van der Waals surface area (Å²) in [7, 11) is 0. The third-order valence-electron chi connectivity index (χ3n) is 10.3. The molecule has 2 atom stereocenters. The smallest absolute Gasteiger partial charge is 0.332 e. The van der Waals surface area contributed by atoms with Crippen molar-refractivity contribution < 1.29 is 23.9 Å². The predicted molar refractivity (Wildman–Crippen MR) is 214 cm³/mol. The Balaban J connectivity index is 1.26. The van der Waals surface area contributed by atoms with Gasteiger partial charge in [0.2, 0.25) is 5.91 Å². The number of rotatable bonds is 12. The summed E-state index contributed by atoms with van der Waals surface area (Å²) in [4.78, 5) is 61.6. The molecule has 0 bridgehead atoms. The van der Waals surface area contributed by atoms with E-state index in [9.17, 15) is 19.2 Å². The number of nitrogens with one attached hydrogen (secondary N) is 1. The predicted octanol–water partition coefficient (Wildman–Crippen LogP) is 8.96. The number of urea groups is 1. The van der Waals surface area contributed by atoms with Crippen molar-refractivity contribution in [1.82, 2.24) is 10.2 Å². The molecule has 2 unspecified atom stereocenters. The van der Waals surface area contributed by atoms with Crippen LogP contribution in [0.3, 0.4) is 0 Å². The molecular weight excluding hydrogens is 712 g/mol. The summed E-state index contributed by atoms with van der Waals surface area (Å²) in [5.74, 6) is -0.673. The van der Waals surface area contributed by atoms with Gasteiger partial charge in [0.15, 0.2) is 6.61 Å². The Kier molecular flexibility index (Phi) is 11.6. The van der Waals surface area contributed by atoms with E-state index >= 15 is 0 Å². The Bertz CT molecular complexity index is 2110. The molecule has 280 valence electrons.